The maximum Gasteiger partial charge on any atom is 0.264 e. The van der Waals surface area contributed by atoms with Crippen LogP contribution in [0.1, 0.15) is 51.0 Å². The SMILES string of the molecule is CC[C@H](C(=O)NC1CCCCC1)N(Cc1c(Cl)cccc1Cl)C(=O)CN(c1ccccc1)S(=O)(=O)c1ccc(OC)c(OC)c1. The number of rotatable bonds is 13. The van der Waals surface area contributed by atoms with Crippen LogP contribution in [0.25, 0.3) is 0 Å². The molecule has 9 nitrogen and oxygen atoms in total. The van der Waals surface area contributed by atoms with E-state index in [1.807, 2.05) is 6.92 Å². The van der Waals surface area contributed by atoms with Crippen LogP contribution in [0.5, 0.6) is 11.5 Å². The molecule has 12 heteroatoms. The van der Waals surface area contributed by atoms with Gasteiger partial charge in [0.25, 0.3) is 10.0 Å². The normalized spacial score (nSPS) is 14.3. The molecule has 0 aromatic heterocycles. The predicted molar refractivity (Wildman–Crippen MR) is 177 cm³/mol. The van der Waals surface area contributed by atoms with Gasteiger partial charge in [-0.3, -0.25) is 13.9 Å². The van der Waals surface area contributed by atoms with E-state index in [-0.39, 0.29) is 34.8 Å². The molecule has 1 atom stereocenters. The monoisotopic (exact) mass is 675 g/mol. The number of anilines is 1. The van der Waals surface area contributed by atoms with Crippen molar-refractivity contribution in [1.82, 2.24) is 10.2 Å². The number of hydrogen-bond acceptors (Lipinski definition) is 6. The topological polar surface area (TPSA) is 105 Å². The van der Waals surface area contributed by atoms with E-state index < -0.39 is 28.5 Å². The first kappa shape index (κ1) is 34.4. The van der Waals surface area contributed by atoms with Gasteiger partial charge in [-0.25, -0.2) is 8.42 Å². The van der Waals surface area contributed by atoms with Crippen LogP contribution >= 0.6 is 23.2 Å². The highest BCUT2D eigenvalue weighted by Crippen LogP contribution is 2.33. The van der Waals surface area contributed by atoms with Crippen LogP contribution < -0.4 is 19.1 Å². The average molecular weight is 677 g/mol. The number of methoxy groups -OCH3 is 2. The van der Waals surface area contributed by atoms with E-state index in [4.69, 9.17) is 32.7 Å². The molecule has 45 heavy (non-hydrogen) atoms. The minimum absolute atomic E-state index is 0.0207. The summed E-state index contributed by atoms with van der Waals surface area (Å²) in [7, 11) is -1.44. The van der Waals surface area contributed by atoms with Crippen molar-refractivity contribution in [2.75, 3.05) is 25.1 Å². The lowest BCUT2D eigenvalue weighted by atomic mass is 9.95. The summed E-state index contributed by atoms with van der Waals surface area (Å²) in [6.45, 7) is 1.14. The van der Waals surface area contributed by atoms with E-state index in [1.165, 1.54) is 37.3 Å². The number of nitrogens with one attached hydrogen (secondary N) is 1. The first-order chi connectivity index (χ1) is 21.6. The van der Waals surface area contributed by atoms with Crippen molar-refractivity contribution in [1.29, 1.82) is 0 Å². The lowest BCUT2D eigenvalue weighted by Crippen LogP contribution is -2.54. The Hall–Kier alpha value is -3.47. The molecule has 3 aromatic carbocycles. The fourth-order valence-electron chi connectivity index (χ4n) is 5.54. The third-order valence-electron chi connectivity index (χ3n) is 7.99. The number of nitrogens with zero attached hydrogens (tertiary/aromatic N) is 2. The molecule has 0 spiro atoms. The highest BCUT2D eigenvalue weighted by molar-refractivity contribution is 7.92. The van der Waals surface area contributed by atoms with Crippen LogP contribution in [0.3, 0.4) is 0 Å². The standard InChI is InChI=1S/C33H39Cl2N3O6S/c1-4-29(33(40)36-23-12-7-5-8-13-23)37(21-26-27(34)16-11-17-28(26)35)32(39)22-38(24-14-9-6-10-15-24)45(41,42)25-18-19-30(43-2)31(20-25)44-3/h6,9-11,14-20,23,29H,4-5,7-8,12-13,21-22H2,1-3H3,(H,36,40)/t29-/m1/s1. The molecule has 0 bridgehead atoms. The fraction of sp³-hybridized carbons (Fsp3) is 0.394. The van der Waals surface area contributed by atoms with Gasteiger partial charge in [-0.2, -0.15) is 0 Å². The largest absolute Gasteiger partial charge is 0.493 e. The van der Waals surface area contributed by atoms with Gasteiger partial charge in [-0.15, -0.1) is 0 Å². The number of hydrogen-bond donors (Lipinski definition) is 1. The molecule has 3 aromatic rings. The molecule has 1 N–H and O–H groups in total. The van der Waals surface area contributed by atoms with Gasteiger partial charge in [0.2, 0.25) is 11.8 Å². The Bertz CT molecular complexity index is 1560. The Kier molecular flexibility index (Phi) is 12.0. The Morgan fingerprint density at radius 1 is 0.911 bits per heavy atom. The highest BCUT2D eigenvalue weighted by Gasteiger charge is 2.35. The van der Waals surface area contributed by atoms with Gasteiger partial charge in [0, 0.05) is 34.3 Å². The highest BCUT2D eigenvalue weighted by atomic mass is 35.5. The first-order valence-corrected chi connectivity index (χ1v) is 17.1. The molecule has 1 fully saturated rings. The Balaban J connectivity index is 1.74. The van der Waals surface area contributed by atoms with Gasteiger partial charge < -0.3 is 19.7 Å². The summed E-state index contributed by atoms with van der Waals surface area (Å²) >= 11 is 13.0. The zero-order chi connectivity index (χ0) is 32.6. The Morgan fingerprint density at radius 3 is 2.16 bits per heavy atom. The number of ether oxygens (including phenoxy) is 2. The molecule has 0 heterocycles. The number of halogens is 2. The zero-order valence-corrected chi connectivity index (χ0v) is 28.0. The molecule has 0 unspecified atom stereocenters. The van der Waals surface area contributed by atoms with Crippen molar-refractivity contribution in [2.45, 2.75) is 69.0 Å². The average Bonchev–Trinajstić information content (AvgIpc) is 3.05. The Morgan fingerprint density at radius 2 is 1.56 bits per heavy atom. The third-order valence-corrected chi connectivity index (χ3v) is 10.5. The number of para-hydroxylation sites is 1. The summed E-state index contributed by atoms with van der Waals surface area (Å²) in [5.41, 5.74) is 0.739. The van der Waals surface area contributed by atoms with E-state index in [0.29, 0.717) is 27.8 Å². The molecule has 242 valence electrons. The number of carbonyl (C=O) groups excluding carboxylic acids is 2. The van der Waals surface area contributed by atoms with E-state index in [9.17, 15) is 18.0 Å². The van der Waals surface area contributed by atoms with Gasteiger partial charge in [0.05, 0.1) is 24.8 Å². The number of carbonyl (C=O) groups is 2. The zero-order valence-electron chi connectivity index (χ0n) is 25.7. The van der Waals surface area contributed by atoms with Crippen molar-refractivity contribution in [3.05, 3.63) is 82.3 Å². The van der Waals surface area contributed by atoms with Crippen LogP contribution in [0.2, 0.25) is 10.0 Å². The van der Waals surface area contributed by atoms with Crippen LogP contribution in [-0.4, -0.2) is 58.0 Å². The van der Waals surface area contributed by atoms with E-state index in [2.05, 4.69) is 5.32 Å². The minimum atomic E-state index is -4.31. The maximum absolute atomic E-state index is 14.4. The summed E-state index contributed by atoms with van der Waals surface area (Å²) in [5, 5.41) is 3.80. The van der Waals surface area contributed by atoms with Gasteiger partial charge in [0.15, 0.2) is 11.5 Å². The summed E-state index contributed by atoms with van der Waals surface area (Å²) in [6.07, 6.45) is 5.22. The molecule has 1 saturated carbocycles. The lowest BCUT2D eigenvalue weighted by Gasteiger charge is -2.34. The van der Waals surface area contributed by atoms with Gasteiger partial charge in [-0.1, -0.05) is 73.7 Å². The fourth-order valence-corrected chi connectivity index (χ4v) is 7.49. The summed E-state index contributed by atoms with van der Waals surface area (Å²) in [6, 6.07) is 16.7. The van der Waals surface area contributed by atoms with Gasteiger partial charge in [-0.05, 0) is 55.7 Å². The van der Waals surface area contributed by atoms with Crippen LogP contribution in [0, 0.1) is 0 Å². The lowest BCUT2D eigenvalue weighted by molar-refractivity contribution is -0.140. The van der Waals surface area contributed by atoms with E-state index in [0.717, 1.165) is 36.4 Å². The maximum atomic E-state index is 14.4. The van der Waals surface area contributed by atoms with Crippen molar-refractivity contribution < 1.29 is 27.5 Å². The van der Waals surface area contributed by atoms with Crippen LogP contribution in [0.15, 0.2) is 71.6 Å². The molecular weight excluding hydrogens is 637 g/mol. The number of benzene rings is 3. The van der Waals surface area contributed by atoms with Crippen molar-refractivity contribution in [2.24, 2.45) is 0 Å². The smallest absolute Gasteiger partial charge is 0.264 e. The van der Waals surface area contributed by atoms with E-state index >= 15 is 0 Å². The predicted octanol–water partition coefficient (Wildman–Crippen LogP) is 6.46. The summed E-state index contributed by atoms with van der Waals surface area (Å²) in [4.78, 5) is 29.4. The molecule has 0 saturated heterocycles. The van der Waals surface area contributed by atoms with E-state index in [1.54, 1.807) is 48.5 Å². The molecule has 4 rings (SSSR count). The van der Waals surface area contributed by atoms with Crippen molar-refractivity contribution in [3.8, 4) is 11.5 Å². The quantitative estimate of drug-likeness (QED) is 0.223. The van der Waals surface area contributed by atoms with Crippen molar-refractivity contribution in [3.63, 3.8) is 0 Å². The van der Waals surface area contributed by atoms with Gasteiger partial charge >= 0.3 is 0 Å². The molecule has 1 aliphatic carbocycles. The molecular formula is C33H39Cl2N3O6S. The molecule has 0 aliphatic heterocycles. The summed E-state index contributed by atoms with van der Waals surface area (Å²) < 4.78 is 40.1. The molecule has 0 radical (unpaired) electrons. The third kappa shape index (κ3) is 8.23. The second-order valence-electron chi connectivity index (χ2n) is 10.9. The Labute approximate surface area is 275 Å². The van der Waals surface area contributed by atoms with Gasteiger partial charge in [0.1, 0.15) is 12.6 Å². The molecule has 2 amide bonds. The minimum Gasteiger partial charge on any atom is -0.493 e. The number of sulfonamides is 1. The van der Waals surface area contributed by atoms with Crippen molar-refractivity contribution >= 4 is 50.7 Å². The van der Waals surface area contributed by atoms with Crippen LogP contribution in [-0.2, 0) is 26.2 Å². The van der Waals surface area contributed by atoms with Crippen LogP contribution in [0.4, 0.5) is 5.69 Å². The first-order valence-electron chi connectivity index (χ1n) is 14.9. The molecule has 1 aliphatic rings. The second-order valence-corrected chi connectivity index (χ2v) is 13.5. The number of amides is 2. The summed E-state index contributed by atoms with van der Waals surface area (Å²) in [5.74, 6) is -0.311. The second kappa shape index (κ2) is 15.7.